The van der Waals surface area contributed by atoms with Crippen LogP contribution in [-0.2, 0) is 0 Å². The number of hydrogen-bond donors (Lipinski definition) is 3. The third kappa shape index (κ3) is 3.18. The number of nitrogens with zero attached hydrogens (tertiary/aromatic N) is 1. The average Bonchev–Trinajstić information content (AvgIpc) is 2.53. The monoisotopic (exact) mass is 299 g/mol. The van der Waals surface area contributed by atoms with Gasteiger partial charge in [-0.1, -0.05) is 12.7 Å². The van der Waals surface area contributed by atoms with Crippen LogP contribution < -0.4 is 11.3 Å². The highest BCUT2D eigenvalue weighted by Crippen LogP contribution is 2.25. The molecule has 2 aromatic rings. The lowest BCUT2D eigenvalue weighted by Gasteiger charge is -2.13. The molecule has 22 heavy (non-hydrogen) atoms. The topological polar surface area (TPSA) is 88.2 Å². The van der Waals surface area contributed by atoms with Gasteiger partial charge in [-0.05, 0) is 47.5 Å². The highest BCUT2D eigenvalue weighted by Gasteiger charge is 2.11. The Morgan fingerprint density at radius 3 is 2.50 bits per heavy atom. The van der Waals surface area contributed by atoms with Crippen LogP contribution in [0.4, 0.5) is 4.39 Å². The summed E-state index contributed by atoms with van der Waals surface area (Å²) in [6.45, 7) is 3.73. The maximum atomic E-state index is 13.0. The average molecular weight is 299 g/mol. The normalized spacial score (nSPS) is 11.5. The highest BCUT2D eigenvalue weighted by molar-refractivity contribution is 5.95. The predicted molar refractivity (Wildman–Crippen MR) is 81.9 cm³/mol. The molecule has 0 saturated heterocycles. The Bertz CT molecular complexity index is 739. The molecule has 0 unspecified atom stereocenters. The minimum absolute atomic E-state index is 0.0904. The second-order valence-corrected chi connectivity index (χ2v) is 4.38. The van der Waals surface area contributed by atoms with Crippen LogP contribution in [0.15, 0.2) is 55.3 Å². The summed E-state index contributed by atoms with van der Waals surface area (Å²) in [5.41, 5.74) is 4.77. The number of halogens is 1. The van der Waals surface area contributed by atoms with E-state index in [0.717, 1.165) is 0 Å². The van der Waals surface area contributed by atoms with Crippen LogP contribution in [0.5, 0.6) is 0 Å². The summed E-state index contributed by atoms with van der Waals surface area (Å²) < 4.78 is 13.0. The van der Waals surface area contributed by atoms with E-state index in [4.69, 9.17) is 10.9 Å². The van der Waals surface area contributed by atoms with Gasteiger partial charge >= 0.3 is 5.97 Å². The van der Waals surface area contributed by atoms with Crippen LogP contribution in [0, 0.1) is 5.82 Å². The molecule has 0 aliphatic heterocycles. The Labute approximate surface area is 126 Å². The zero-order valence-corrected chi connectivity index (χ0v) is 11.6. The van der Waals surface area contributed by atoms with Crippen molar-refractivity contribution in [2.24, 2.45) is 5.84 Å². The standard InChI is InChI=1S/C16H14FN3O2/c1-2-13(11-7-8-19-14(9-11)16(21)22)15(20-18)10-3-5-12(17)6-4-10/h2-9,20H,1,18H2,(H,21,22)/b15-13+. The second-order valence-electron chi connectivity index (χ2n) is 4.38. The van der Waals surface area contributed by atoms with Gasteiger partial charge in [0.15, 0.2) is 0 Å². The summed E-state index contributed by atoms with van der Waals surface area (Å²) in [5.74, 6) is 4.08. The number of nitrogens with two attached hydrogens (primary N) is 1. The molecule has 4 N–H and O–H groups in total. The van der Waals surface area contributed by atoms with Crippen LogP contribution >= 0.6 is 0 Å². The van der Waals surface area contributed by atoms with Crippen molar-refractivity contribution in [2.75, 3.05) is 0 Å². The van der Waals surface area contributed by atoms with E-state index in [1.165, 1.54) is 24.4 Å². The molecule has 0 amide bonds. The van der Waals surface area contributed by atoms with Gasteiger partial charge in [0.25, 0.3) is 0 Å². The van der Waals surface area contributed by atoms with Crippen molar-refractivity contribution < 1.29 is 14.3 Å². The molecule has 5 nitrogen and oxygen atoms in total. The van der Waals surface area contributed by atoms with Crippen molar-refractivity contribution in [3.05, 3.63) is 77.9 Å². The maximum absolute atomic E-state index is 13.0. The first-order chi connectivity index (χ1) is 10.6. The first-order valence-electron chi connectivity index (χ1n) is 6.35. The fraction of sp³-hybridized carbons (Fsp3) is 0. The summed E-state index contributed by atoms with van der Waals surface area (Å²) in [6, 6.07) is 8.80. The molecular weight excluding hydrogens is 285 g/mol. The van der Waals surface area contributed by atoms with Gasteiger partial charge in [0.1, 0.15) is 11.5 Å². The van der Waals surface area contributed by atoms with Crippen molar-refractivity contribution in [3.8, 4) is 0 Å². The van der Waals surface area contributed by atoms with Crippen molar-refractivity contribution in [1.82, 2.24) is 10.4 Å². The zero-order valence-electron chi connectivity index (χ0n) is 11.6. The Kier molecular flexibility index (Phi) is 4.65. The molecule has 2 rings (SSSR count). The predicted octanol–water partition coefficient (Wildman–Crippen LogP) is 2.44. The number of hydrazine groups is 1. The van der Waals surface area contributed by atoms with E-state index in [9.17, 15) is 9.18 Å². The molecule has 1 aromatic heterocycles. The number of aromatic carboxylic acids is 1. The smallest absolute Gasteiger partial charge is 0.354 e. The van der Waals surface area contributed by atoms with Crippen LogP contribution in [-0.4, -0.2) is 16.1 Å². The Balaban J connectivity index is 2.60. The highest BCUT2D eigenvalue weighted by atomic mass is 19.1. The maximum Gasteiger partial charge on any atom is 0.354 e. The molecule has 1 aromatic carbocycles. The van der Waals surface area contributed by atoms with E-state index in [0.29, 0.717) is 22.4 Å². The zero-order chi connectivity index (χ0) is 16.1. The Morgan fingerprint density at radius 1 is 1.27 bits per heavy atom. The number of benzene rings is 1. The molecule has 112 valence electrons. The van der Waals surface area contributed by atoms with Gasteiger partial charge in [-0.25, -0.2) is 14.2 Å². The van der Waals surface area contributed by atoms with Gasteiger partial charge in [0, 0.05) is 11.8 Å². The van der Waals surface area contributed by atoms with Gasteiger partial charge < -0.3 is 10.5 Å². The number of aromatic nitrogens is 1. The number of nitrogens with one attached hydrogen (secondary N) is 1. The number of carboxylic acid groups (broad SMARTS) is 1. The molecule has 0 aliphatic rings. The molecule has 0 aliphatic carbocycles. The first-order valence-corrected chi connectivity index (χ1v) is 6.35. The first kappa shape index (κ1) is 15.4. The molecular formula is C16H14FN3O2. The third-order valence-electron chi connectivity index (χ3n) is 3.04. The summed E-state index contributed by atoms with van der Waals surface area (Å²) in [5, 5.41) is 9.02. The number of carboxylic acids is 1. The van der Waals surface area contributed by atoms with E-state index in [1.54, 1.807) is 24.3 Å². The molecule has 0 spiro atoms. The van der Waals surface area contributed by atoms with E-state index in [1.807, 2.05) is 0 Å². The molecule has 1 heterocycles. The van der Waals surface area contributed by atoms with Crippen LogP contribution in [0.3, 0.4) is 0 Å². The minimum atomic E-state index is -1.13. The Morgan fingerprint density at radius 2 is 1.95 bits per heavy atom. The van der Waals surface area contributed by atoms with Gasteiger partial charge in [-0.2, -0.15) is 0 Å². The van der Waals surface area contributed by atoms with E-state index < -0.39 is 5.97 Å². The summed E-state index contributed by atoms with van der Waals surface area (Å²) >= 11 is 0. The summed E-state index contributed by atoms with van der Waals surface area (Å²) in [7, 11) is 0. The third-order valence-corrected chi connectivity index (χ3v) is 3.04. The molecule has 0 saturated carbocycles. The number of pyridine rings is 1. The van der Waals surface area contributed by atoms with Crippen molar-refractivity contribution in [1.29, 1.82) is 0 Å². The Hall–Kier alpha value is -2.99. The fourth-order valence-electron chi connectivity index (χ4n) is 2.01. The second kappa shape index (κ2) is 6.64. The van der Waals surface area contributed by atoms with Crippen molar-refractivity contribution >= 4 is 17.2 Å². The van der Waals surface area contributed by atoms with E-state index in [-0.39, 0.29) is 11.5 Å². The van der Waals surface area contributed by atoms with E-state index >= 15 is 0 Å². The SMILES string of the molecule is C=C/C(=C(\NN)c1ccc(F)cc1)c1ccnc(C(=O)O)c1. The van der Waals surface area contributed by atoms with Gasteiger partial charge in [0.2, 0.25) is 0 Å². The van der Waals surface area contributed by atoms with Gasteiger partial charge in [-0.3, -0.25) is 5.84 Å². The van der Waals surface area contributed by atoms with Crippen molar-refractivity contribution in [2.45, 2.75) is 0 Å². The fourth-order valence-corrected chi connectivity index (χ4v) is 2.01. The van der Waals surface area contributed by atoms with Gasteiger partial charge in [0.05, 0.1) is 5.70 Å². The molecule has 0 radical (unpaired) electrons. The van der Waals surface area contributed by atoms with Gasteiger partial charge in [-0.15, -0.1) is 0 Å². The van der Waals surface area contributed by atoms with Crippen LogP contribution in [0.1, 0.15) is 21.6 Å². The minimum Gasteiger partial charge on any atom is -0.477 e. The summed E-state index contributed by atoms with van der Waals surface area (Å²) in [4.78, 5) is 14.8. The lowest BCUT2D eigenvalue weighted by molar-refractivity contribution is 0.0690. The molecule has 0 atom stereocenters. The molecule has 0 bridgehead atoms. The number of allylic oxidation sites excluding steroid dienone is 2. The molecule has 0 fully saturated rings. The molecule has 6 heteroatoms. The lowest BCUT2D eigenvalue weighted by atomic mass is 10.00. The number of hydrogen-bond acceptors (Lipinski definition) is 4. The number of rotatable bonds is 5. The van der Waals surface area contributed by atoms with Crippen LogP contribution in [0.25, 0.3) is 11.3 Å². The quantitative estimate of drug-likeness (QED) is 0.448. The van der Waals surface area contributed by atoms with Crippen LogP contribution in [0.2, 0.25) is 0 Å². The lowest BCUT2D eigenvalue weighted by Crippen LogP contribution is -2.21. The van der Waals surface area contributed by atoms with E-state index in [2.05, 4.69) is 17.0 Å². The number of carbonyl (C=O) groups is 1. The largest absolute Gasteiger partial charge is 0.477 e. The summed E-state index contributed by atoms with van der Waals surface area (Å²) in [6.07, 6.45) is 2.93. The van der Waals surface area contributed by atoms with Crippen molar-refractivity contribution in [3.63, 3.8) is 0 Å².